The number of methoxy groups -OCH3 is 1. The fraction of sp³-hybridized carbons (Fsp3) is 0.174. The Hall–Kier alpha value is -4.47. The zero-order valence-electron chi connectivity index (χ0n) is 17.8. The van der Waals surface area contributed by atoms with Crippen LogP contribution in [0.5, 0.6) is 11.6 Å². The lowest BCUT2D eigenvalue weighted by molar-refractivity contribution is -0.122. The Kier molecular flexibility index (Phi) is 6.74. The van der Waals surface area contributed by atoms with Crippen molar-refractivity contribution >= 4 is 5.91 Å². The molecule has 0 radical (unpaired) electrons. The second kappa shape index (κ2) is 10.2. The summed E-state index contributed by atoms with van der Waals surface area (Å²) in [6.07, 6.45) is 1.56. The second-order valence-corrected chi connectivity index (χ2v) is 6.88. The van der Waals surface area contributed by atoms with E-state index in [4.69, 9.17) is 13.9 Å². The Balaban J connectivity index is 1.28. The van der Waals surface area contributed by atoms with Gasteiger partial charge in [0.25, 0.3) is 5.56 Å². The smallest absolute Gasteiger partial charge is 0.267 e. The monoisotopic (exact) mass is 447 g/mol. The Morgan fingerprint density at radius 2 is 1.94 bits per heavy atom. The summed E-state index contributed by atoms with van der Waals surface area (Å²) in [5, 5.41) is 15.0. The highest BCUT2D eigenvalue weighted by Gasteiger charge is 2.09. The van der Waals surface area contributed by atoms with Crippen LogP contribution in [-0.2, 0) is 11.3 Å². The van der Waals surface area contributed by atoms with Gasteiger partial charge >= 0.3 is 0 Å². The molecule has 0 bridgehead atoms. The van der Waals surface area contributed by atoms with Crippen molar-refractivity contribution in [1.82, 2.24) is 25.3 Å². The second-order valence-electron chi connectivity index (χ2n) is 6.88. The van der Waals surface area contributed by atoms with Crippen LogP contribution in [0.25, 0.3) is 22.7 Å². The minimum Gasteiger partial charge on any atom is -0.497 e. The molecule has 0 saturated heterocycles. The molecule has 10 heteroatoms. The van der Waals surface area contributed by atoms with Crippen LogP contribution >= 0.6 is 0 Å². The third kappa shape index (κ3) is 5.62. The molecule has 3 heterocycles. The van der Waals surface area contributed by atoms with Crippen molar-refractivity contribution in [3.05, 3.63) is 77.3 Å². The molecule has 33 heavy (non-hydrogen) atoms. The lowest BCUT2D eigenvalue weighted by Crippen LogP contribution is -2.35. The fourth-order valence-corrected chi connectivity index (χ4v) is 2.99. The van der Waals surface area contributed by atoms with Crippen molar-refractivity contribution in [3.8, 4) is 34.3 Å². The largest absolute Gasteiger partial charge is 0.497 e. The number of nitrogens with zero attached hydrogens (tertiary/aromatic N) is 4. The number of hydrogen-bond donors (Lipinski definition) is 1. The molecule has 0 aliphatic heterocycles. The lowest BCUT2D eigenvalue weighted by atomic mass is 10.1. The number of carbonyl (C=O) groups is 1. The highest BCUT2D eigenvalue weighted by Crippen LogP contribution is 2.21. The van der Waals surface area contributed by atoms with Crippen LogP contribution in [0.4, 0.5) is 0 Å². The molecule has 1 aromatic carbocycles. The molecule has 168 valence electrons. The molecule has 0 atom stereocenters. The highest BCUT2D eigenvalue weighted by atomic mass is 16.5. The van der Waals surface area contributed by atoms with Gasteiger partial charge in [-0.2, -0.15) is 5.10 Å². The molecule has 0 unspecified atom stereocenters. The van der Waals surface area contributed by atoms with Crippen molar-refractivity contribution in [2.45, 2.75) is 6.54 Å². The van der Waals surface area contributed by atoms with Gasteiger partial charge in [0, 0.05) is 17.7 Å². The molecular formula is C23H21N5O5. The lowest BCUT2D eigenvalue weighted by Gasteiger charge is -2.09. The molecule has 0 aliphatic carbocycles. The van der Waals surface area contributed by atoms with E-state index in [-0.39, 0.29) is 31.2 Å². The van der Waals surface area contributed by atoms with E-state index in [9.17, 15) is 9.59 Å². The van der Waals surface area contributed by atoms with Gasteiger partial charge in [0.2, 0.25) is 11.8 Å². The van der Waals surface area contributed by atoms with Crippen molar-refractivity contribution in [3.63, 3.8) is 0 Å². The van der Waals surface area contributed by atoms with E-state index in [1.54, 1.807) is 49.8 Å². The topological polar surface area (TPSA) is 121 Å². The third-order valence-corrected chi connectivity index (χ3v) is 4.61. The third-order valence-electron chi connectivity index (χ3n) is 4.61. The number of aromatic nitrogens is 4. The van der Waals surface area contributed by atoms with Crippen molar-refractivity contribution in [2.24, 2.45) is 0 Å². The molecule has 1 amide bonds. The first-order valence-corrected chi connectivity index (χ1v) is 10.1. The zero-order valence-corrected chi connectivity index (χ0v) is 17.8. The van der Waals surface area contributed by atoms with Gasteiger partial charge in [-0.05, 0) is 36.4 Å². The molecule has 0 aliphatic rings. The summed E-state index contributed by atoms with van der Waals surface area (Å²) in [5.74, 6) is 1.24. The maximum atomic E-state index is 12.3. The SMILES string of the molecule is COc1cccc(-c2ccc(=O)n(CC(=O)NCCOc3ccc(-c4ccco4)nn3)n2)c1. The van der Waals surface area contributed by atoms with Crippen molar-refractivity contribution in [2.75, 3.05) is 20.3 Å². The van der Waals surface area contributed by atoms with Gasteiger partial charge in [-0.15, -0.1) is 10.2 Å². The zero-order chi connectivity index (χ0) is 23.0. The summed E-state index contributed by atoms with van der Waals surface area (Å²) in [6.45, 7) is 0.200. The average Bonchev–Trinajstić information content (AvgIpc) is 3.39. The number of amides is 1. The molecule has 0 saturated carbocycles. The number of rotatable bonds is 9. The first kappa shape index (κ1) is 21.8. The van der Waals surface area contributed by atoms with Gasteiger partial charge in [-0.25, -0.2) is 4.68 Å². The summed E-state index contributed by atoms with van der Waals surface area (Å²) in [5.41, 5.74) is 1.55. The molecule has 4 rings (SSSR count). The molecule has 3 aromatic heterocycles. The Bertz CT molecular complexity index is 1270. The minimum atomic E-state index is -0.375. The number of furan rings is 1. The van der Waals surface area contributed by atoms with Crippen molar-refractivity contribution < 1.29 is 18.7 Å². The van der Waals surface area contributed by atoms with Crippen LogP contribution in [-0.4, -0.2) is 46.1 Å². The summed E-state index contributed by atoms with van der Waals surface area (Å²) < 4.78 is 17.1. The quantitative estimate of drug-likeness (QED) is 0.388. The van der Waals surface area contributed by atoms with E-state index in [0.717, 1.165) is 10.2 Å². The highest BCUT2D eigenvalue weighted by molar-refractivity contribution is 5.75. The number of ether oxygens (including phenoxy) is 2. The van der Waals surface area contributed by atoms with E-state index >= 15 is 0 Å². The summed E-state index contributed by atoms with van der Waals surface area (Å²) in [7, 11) is 1.57. The fourth-order valence-electron chi connectivity index (χ4n) is 2.99. The minimum absolute atomic E-state index is 0.187. The maximum absolute atomic E-state index is 12.3. The van der Waals surface area contributed by atoms with Gasteiger partial charge in [0.1, 0.15) is 24.6 Å². The van der Waals surface area contributed by atoms with E-state index in [1.807, 2.05) is 18.2 Å². The van der Waals surface area contributed by atoms with E-state index in [2.05, 4.69) is 20.6 Å². The van der Waals surface area contributed by atoms with Crippen LogP contribution < -0.4 is 20.3 Å². The van der Waals surface area contributed by atoms with Crippen LogP contribution in [0.1, 0.15) is 0 Å². The van der Waals surface area contributed by atoms with Gasteiger partial charge in [0.15, 0.2) is 5.76 Å². The van der Waals surface area contributed by atoms with Gasteiger partial charge < -0.3 is 19.2 Å². The van der Waals surface area contributed by atoms with E-state index < -0.39 is 0 Å². The Labute approximate surface area is 188 Å². The normalized spacial score (nSPS) is 10.6. The van der Waals surface area contributed by atoms with Gasteiger partial charge in [-0.1, -0.05) is 12.1 Å². The predicted molar refractivity (Wildman–Crippen MR) is 119 cm³/mol. The number of hydrogen-bond acceptors (Lipinski definition) is 8. The molecule has 0 fully saturated rings. The first-order chi connectivity index (χ1) is 16.1. The molecule has 0 spiro atoms. The summed E-state index contributed by atoms with van der Waals surface area (Å²) in [6, 6.07) is 17.2. The molecule has 10 nitrogen and oxygen atoms in total. The molecule has 1 N–H and O–H groups in total. The van der Waals surface area contributed by atoms with Gasteiger partial charge in [0.05, 0.1) is 25.6 Å². The molecule has 4 aromatic rings. The first-order valence-electron chi connectivity index (χ1n) is 10.1. The Morgan fingerprint density at radius 3 is 2.70 bits per heavy atom. The maximum Gasteiger partial charge on any atom is 0.267 e. The van der Waals surface area contributed by atoms with Gasteiger partial charge in [-0.3, -0.25) is 9.59 Å². The summed E-state index contributed by atoms with van der Waals surface area (Å²) in [4.78, 5) is 24.4. The van der Waals surface area contributed by atoms with Crippen LogP contribution in [0.15, 0.2) is 76.1 Å². The molecular weight excluding hydrogens is 426 g/mol. The predicted octanol–water partition coefficient (Wildman–Crippen LogP) is 2.16. The summed E-state index contributed by atoms with van der Waals surface area (Å²) >= 11 is 0. The van der Waals surface area contributed by atoms with Crippen molar-refractivity contribution in [1.29, 1.82) is 0 Å². The van der Waals surface area contributed by atoms with E-state index in [1.165, 1.54) is 6.07 Å². The van der Waals surface area contributed by atoms with E-state index in [0.29, 0.717) is 28.8 Å². The average molecular weight is 447 g/mol. The Morgan fingerprint density at radius 1 is 1.06 bits per heavy atom. The van der Waals surface area contributed by atoms with Crippen LogP contribution in [0.2, 0.25) is 0 Å². The van der Waals surface area contributed by atoms with Crippen LogP contribution in [0.3, 0.4) is 0 Å². The number of benzene rings is 1. The van der Waals surface area contributed by atoms with Crippen LogP contribution in [0, 0.1) is 0 Å². The number of carbonyl (C=O) groups excluding carboxylic acids is 1. The number of nitrogens with one attached hydrogen (secondary N) is 1. The standard InChI is InChI=1S/C23H21N5O5/c1-31-17-5-2-4-16(14-17)18-8-10-23(30)28(27-18)15-21(29)24-11-13-33-22-9-7-19(25-26-22)20-6-3-12-32-20/h2-10,12,14H,11,13,15H2,1H3,(H,24,29).